The van der Waals surface area contributed by atoms with Gasteiger partial charge in [0.1, 0.15) is 11.6 Å². The van der Waals surface area contributed by atoms with Crippen LogP contribution in [0.2, 0.25) is 5.02 Å². The van der Waals surface area contributed by atoms with E-state index in [9.17, 15) is 9.18 Å². The Morgan fingerprint density at radius 1 is 1.53 bits per heavy atom. The van der Waals surface area contributed by atoms with Gasteiger partial charge in [0.25, 0.3) is 0 Å². The number of carbonyl (C=O) groups is 1. The Morgan fingerprint density at radius 3 is 2.93 bits per heavy atom. The van der Waals surface area contributed by atoms with Gasteiger partial charge in [-0.25, -0.2) is 4.39 Å². The predicted molar refractivity (Wildman–Crippen MR) is 55.1 cm³/mol. The second-order valence-electron chi connectivity index (χ2n) is 3.52. The molecular formula is C11H10ClFO2. The van der Waals surface area contributed by atoms with Gasteiger partial charge in [-0.1, -0.05) is 24.9 Å². The molecule has 2 rings (SSSR count). The molecule has 1 aromatic rings. The molecule has 80 valence electrons. The summed E-state index contributed by atoms with van der Waals surface area (Å²) in [5, 5.41) is -0.0390. The molecule has 0 saturated heterocycles. The molecule has 0 radical (unpaired) electrons. The summed E-state index contributed by atoms with van der Waals surface area (Å²) in [5.74, 6) is -0.352. The van der Waals surface area contributed by atoms with Gasteiger partial charge >= 0.3 is 0 Å². The number of halogens is 2. The van der Waals surface area contributed by atoms with Crippen LogP contribution in [-0.2, 0) is 0 Å². The second kappa shape index (κ2) is 3.81. The van der Waals surface area contributed by atoms with Gasteiger partial charge in [-0.2, -0.15) is 0 Å². The minimum Gasteiger partial charge on any atom is -0.481 e. The van der Waals surface area contributed by atoms with Gasteiger partial charge in [-0.15, -0.1) is 0 Å². The molecule has 0 fully saturated rings. The molecule has 1 atom stereocenters. The summed E-state index contributed by atoms with van der Waals surface area (Å²) < 4.78 is 18.4. The fourth-order valence-electron chi connectivity index (χ4n) is 1.65. The summed E-state index contributed by atoms with van der Waals surface area (Å²) in [6, 6.07) is 2.51. The van der Waals surface area contributed by atoms with E-state index in [2.05, 4.69) is 0 Å². The standard InChI is InChI=1S/C11H10ClFO2/c1-2-3-9-11(14)6-4-7(12)8(13)5-10(6)15-9/h4-5,9H,2-3H2,1H3. The fourth-order valence-corrected chi connectivity index (χ4v) is 1.81. The zero-order valence-electron chi connectivity index (χ0n) is 8.22. The van der Waals surface area contributed by atoms with Gasteiger partial charge in [-0.3, -0.25) is 4.79 Å². The van der Waals surface area contributed by atoms with Crippen LogP contribution < -0.4 is 4.74 Å². The molecule has 1 aromatic carbocycles. The predicted octanol–water partition coefficient (Wildman–Crippen LogP) is 3.22. The average Bonchev–Trinajstić information content (AvgIpc) is 2.47. The summed E-state index contributed by atoms with van der Waals surface area (Å²) in [4.78, 5) is 11.7. The molecule has 1 aliphatic rings. The average molecular weight is 229 g/mol. The van der Waals surface area contributed by atoms with E-state index in [4.69, 9.17) is 16.3 Å². The number of ether oxygens (including phenoxy) is 1. The molecule has 0 saturated carbocycles. The number of ketones is 1. The normalized spacial score (nSPS) is 18.9. The Bertz CT molecular complexity index is 417. The lowest BCUT2D eigenvalue weighted by Crippen LogP contribution is -2.19. The molecule has 0 aliphatic carbocycles. The smallest absolute Gasteiger partial charge is 0.207 e. The number of Topliss-reactive ketones (excluding diaryl/α,β-unsaturated/α-hetero) is 1. The molecule has 1 heterocycles. The van der Waals surface area contributed by atoms with Crippen molar-refractivity contribution in [1.29, 1.82) is 0 Å². The van der Waals surface area contributed by atoms with Crippen molar-refractivity contribution in [3.8, 4) is 5.75 Å². The minimum atomic E-state index is -0.555. The monoisotopic (exact) mass is 228 g/mol. The van der Waals surface area contributed by atoms with E-state index < -0.39 is 11.9 Å². The van der Waals surface area contributed by atoms with Crippen LogP contribution in [-0.4, -0.2) is 11.9 Å². The van der Waals surface area contributed by atoms with Crippen LogP contribution in [0.5, 0.6) is 5.75 Å². The van der Waals surface area contributed by atoms with Gasteiger partial charge in [0.15, 0.2) is 6.10 Å². The SMILES string of the molecule is CCCC1Oc2cc(F)c(Cl)cc2C1=O. The van der Waals surface area contributed by atoms with Crippen molar-refractivity contribution in [3.63, 3.8) is 0 Å². The van der Waals surface area contributed by atoms with E-state index in [0.717, 1.165) is 6.42 Å². The van der Waals surface area contributed by atoms with Crippen LogP contribution in [0.15, 0.2) is 12.1 Å². The highest BCUT2D eigenvalue weighted by atomic mass is 35.5. The van der Waals surface area contributed by atoms with Crippen LogP contribution in [0.4, 0.5) is 4.39 Å². The zero-order chi connectivity index (χ0) is 11.0. The van der Waals surface area contributed by atoms with Gasteiger partial charge in [0, 0.05) is 6.07 Å². The third kappa shape index (κ3) is 1.72. The number of hydrogen-bond donors (Lipinski definition) is 0. The first-order valence-electron chi connectivity index (χ1n) is 4.83. The Hall–Kier alpha value is -1.09. The van der Waals surface area contributed by atoms with E-state index in [1.165, 1.54) is 12.1 Å². The Morgan fingerprint density at radius 2 is 2.27 bits per heavy atom. The maximum absolute atomic E-state index is 13.1. The van der Waals surface area contributed by atoms with Crippen molar-refractivity contribution in [2.75, 3.05) is 0 Å². The Labute approximate surface area is 92.0 Å². The third-order valence-corrected chi connectivity index (χ3v) is 2.69. The van der Waals surface area contributed by atoms with Crippen molar-refractivity contribution in [1.82, 2.24) is 0 Å². The van der Waals surface area contributed by atoms with Crippen LogP contribution in [0.1, 0.15) is 30.1 Å². The summed E-state index contributed by atoms with van der Waals surface area (Å²) in [6.45, 7) is 1.97. The largest absolute Gasteiger partial charge is 0.481 e. The third-order valence-electron chi connectivity index (χ3n) is 2.40. The topological polar surface area (TPSA) is 26.3 Å². The van der Waals surface area contributed by atoms with Crippen LogP contribution in [0, 0.1) is 5.82 Å². The molecule has 0 aromatic heterocycles. The maximum Gasteiger partial charge on any atom is 0.207 e. The lowest BCUT2D eigenvalue weighted by Gasteiger charge is -2.06. The van der Waals surface area contributed by atoms with Crippen molar-refractivity contribution >= 4 is 17.4 Å². The molecular weight excluding hydrogens is 219 g/mol. The Kier molecular flexibility index (Phi) is 2.65. The molecule has 0 spiro atoms. The molecule has 0 N–H and O–H groups in total. The number of benzene rings is 1. The number of fused-ring (bicyclic) bond motifs is 1. The van der Waals surface area contributed by atoms with Crippen LogP contribution in [0.25, 0.3) is 0 Å². The molecule has 1 aliphatic heterocycles. The van der Waals surface area contributed by atoms with E-state index in [-0.39, 0.29) is 10.8 Å². The molecule has 15 heavy (non-hydrogen) atoms. The second-order valence-corrected chi connectivity index (χ2v) is 3.93. The highest BCUT2D eigenvalue weighted by Gasteiger charge is 2.32. The van der Waals surface area contributed by atoms with Crippen molar-refractivity contribution < 1.29 is 13.9 Å². The van der Waals surface area contributed by atoms with Crippen molar-refractivity contribution in [2.45, 2.75) is 25.9 Å². The first-order chi connectivity index (χ1) is 7.13. The summed E-state index contributed by atoms with van der Waals surface area (Å²) in [7, 11) is 0. The lowest BCUT2D eigenvalue weighted by atomic mass is 10.1. The maximum atomic E-state index is 13.1. The molecule has 0 amide bonds. The number of rotatable bonds is 2. The molecule has 1 unspecified atom stereocenters. The van der Waals surface area contributed by atoms with E-state index in [0.29, 0.717) is 17.7 Å². The van der Waals surface area contributed by atoms with Crippen molar-refractivity contribution in [2.24, 2.45) is 0 Å². The minimum absolute atomic E-state index is 0.0390. The van der Waals surface area contributed by atoms with Gasteiger partial charge < -0.3 is 4.74 Å². The van der Waals surface area contributed by atoms with Crippen molar-refractivity contribution in [3.05, 3.63) is 28.5 Å². The van der Waals surface area contributed by atoms with E-state index in [1.807, 2.05) is 6.92 Å². The summed E-state index contributed by atoms with van der Waals surface area (Å²) in [6.07, 6.45) is 1.02. The molecule has 2 nitrogen and oxygen atoms in total. The first-order valence-corrected chi connectivity index (χ1v) is 5.21. The number of carbonyl (C=O) groups excluding carboxylic acids is 1. The number of hydrogen-bond acceptors (Lipinski definition) is 2. The highest BCUT2D eigenvalue weighted by Crippen LogP contribution is 2.34. The van der Waals surface area contributed by atoms with Crippen LogP contribution in [0.3, 0.4) is 0 Å². The van der Waals surface area contributed by atoms with Gasteiger partial charge in [0.2, 0.25) is 5.78 Å². The quantitative estimate of drug-likeness (QED) is 0.777. The van der Waals surface area contributed by atoms with E-state index >= 15 is 0 Å². The molecule has 0 bridgehead atoms. The van der Waals surface area contributed by atoms with Gasteiger partial charge in [0.05, 0.1) is 10.6 Å². The summed E-state index contributed by atoms with van der Waals surface area (Å²) >= 11 is 5.60. The molecule has 4 heteroatoms. The Balaban J connectivity index is 2.37. The van der Waals surface area contributed by atoms with Crippen LogP contribution >= 0.6 is 11.6 Å². The fraction of sp³-hybridized carbons (Fsp3) is 0.364. The summed E-state index contributed by atoms with van der Waals surface area (Å²) in [5.41, 5.74) is 0.389. The highest BCUT2D eigenvalue weighted by molar-refractivity contribution is 6.31. The van der Waals surface area contributed by atoms with Gasteiger partial charge in [-0.05, 0) is 12.5 Å². The zero-order valence-corrected chi connectivity index (χ0v) is 8.97. The first kappa shape index (κ1) is 10.4. The lowest BCUT2D eigenvalue weighted by molar-refractivity contribution is 0.0845. The van der Waals surface area contributed by atoms with E-state index in [1.54, 1.807) is 0 Å².